The summed E-state index contributed by atoms with van der Waals surface area (Å²) in [5.41, 5.74) is 7.95. The number of nitrogens with zero attached hydrogens (tertiary/aromatic N) is 2. The normalized spacial score (nSPS) is 10.9. The second-order valence-corrected chi connectivity index (χ2v) is 5.07. The fourth-order valence-corrected chi connectivity index (χ4v) is 2.01. The van der Waals surface area contributed by atoms with E-state index in [-0.39, 0.29) is 0 Å². The zero-order valence-corrected chi connectivity index (χ0v) is 11.9. The lowest BCUT2D eigenvalue weighted by Gasteiger charge is -2.02. The van der Waals surface area contributed by atoms with Crippen molar-refractivity contribution in [2.24, 2.45) is 10.2 Å². The molecule has 2 rings (SSSR count). The third-order valence-corrected chi connectivity index (χ3v) is 3.42. The molecule has 0 saturated heterocycles. The van der Waals surface area contributed by atoms with Crippen molar-refractivity contribution >= 4 is 48.9 Å². The third-order valence-electron chi connectivity index (χ3n) is 2.10. The third kappa shape index (κ3) is 3.14. The van der Waals surface area contributed by atoms with E-state index in [1.807, 2.05) is 36.4 Å². The van der Waals surface area contributed by atoms with Gasteiger partial charge < -0.3 is 5.73 Å². The molecule has 0 saturated carbocycles. The molecule has 0 amide bonds. The highest BCUT2D eigenvalue weighted by Crippen LogP contribution is 2.34. The van der Waals surface area contributed by atoms with Crippen LogP contribution < -0.4 is 5.73 Å². The first kappa shape index (κ1) is 12.3. The number of rotatable bonds is 2. The molecule has 2 aromatic rings. The predicted molar refractivity (Wildman–Crippen MR) is 76.9 cm³/mol. The maximum Gasteiger partial charge on any atom is 0.101 e. The van der Waals surface area contributed by atoms with Crippen molar-refractivity contribution in [1.82, 2.24) is 0 Å². The lowest BCUT2D eigenvalue weighted by Crippen LogP contribution is -1.85. The SMILES string of the molecule is Nc1cc(Br)c(N=Nc2ccccc2)cc1Br. The lowest BCUT2D eigenvalue weighted by atomic mass is 10.3. The summed E-state index contributed by atoms with van der Waals surface area (Å²) in [6.07, 6.45) is 0. The molecule has 2 N–H and O–H groups in total. The molecular weight excluding hydrogens is 346 g/mol. The monoisotopic (exact) mass is 353 g/mol. The molecule has 0 radical (unpaired) electrons. The maximum atomic E-state index is 5.75. The van der Waals surface area contributed by atoms with E-state index in [0.717, 1.165) is 20.3 Å². The average Bonchev–Trinajstić information content (AvgIpc) is 2.33. The Morgan fingerprint density at radius 2 is 1.59 bits per heavy atom. The van der Waals surface area contributed by atoms with Crippen molar-refractivity contribution in [1.29, 1.82) is 0 Å². The minimum atomic E-state index is 0.663. The van der Waals surface area contributed by atoms with Gasteiger partial charge in [0.05, 0.1) is 5.69 Å². The minimum absolute atomic E-state index is 0.663. The molecule has 0 spiro atoms. The number of benzene rings is 2. The molecule has 2 aromatic carbocycles. The molecule has 0 atom stereocenters. The Labute approximate surface area is 116 Å². The van der Waals surface area contributed by atoms with Crippen LogP contribution in [0.5, 0.6) is 0 Å². The van der Waals surface area contributed by atoms with E-state index in [0.29, 0.717) is 5.69 Å². The Morgan fingerprint density at radius 1 is 0.882 bits per heavy atom. The summed E-state index contributed by atoms with van der Waals surface area (Å²) in [5.74, 6) is 0. The largest absolute Gasteiger partial charge is 0.398 e. The highest BCUT2D eigenvalue weighted by Gasteiger charge is 2.03. The van der Waals surface area contributed by atoms with Crippen molar-refractivity contribution in [3.8, 4) is 0 Å². The van der Waals surface area contributed by atoms with Gasteiger partial charge in [0.1, 0.15) is 5.69 Å². The molecule has 5 heteroatoms. The van der Waals surface area contributed by atoms with Gasteiger partial charge in [-0.1, -0.05) is 18.2 Å². The molecule has 0 heterocycles. The Bertz CT molecular complexity index is 553. The Morgan fingerprint density at radius 3 is 2.29 bits per heavy atom. The summed E-state index contributed by atoms with van der Waals surface area (Å²) in [6, 6.07) is 13.2. The fourth-order valence-electron chi connectivity index (χ4n) is 1.23. The van der Waals surface area contributed by atoms with Gasteiger partial charge in [-0.3, -0.25) is 0 Å². The molecule has 17 heavy (non-hydrogen) atoms. The topological polar surface area (TPSA) is 50.7 Å². The van der Waals surface area contributed by atoms with Gasteiger partial charge in [0.25, 0.3) is 0 Å². The first-order valence-corrected chi connectivity index (χ1v) is 6.47. The first-order valence-electron chi connectivity index (χ1n) is 4.88. The van der Waals surface area contributed by atoms with Crippen molar-refractivity contribution < 1.29 is 0 Å². The van der Waals surface area contributed by atoms with Crippen molar-refractivity contribution in [2.45, 2.75) is 0 Å². The molecular formula is C12H9Br2N3. The summed E-state index contributed by atoms with van der Waals surface area (Å²) >= 11 is 6.76. The van der Waals surface area contributed by atoms with Crippen LogP contribution in [0, 0.1) is 0 Å². The summed E-state index contributed by atoms with van der Waals surface area (Å²) in [7, 11) is 0. The highest BCUT2D eigenvalue weighted by molar-refractivity contribution is 9.11. The van der Waals surface area contributed by atoms with Gasteiger partial charge in [-0.2, -0.15) is 5.11 Å². The predicted octanol–water partition coefficient (Wildman–Crippen LogP) is 5.21. The first-order chi connectivity index (χ1) is 8.16. The van der Waals surface area contributed by atoms with E-state index in [1.165, 1.54) is 0 Å². The van der Waals surface area contributed by atoms with E-state index in [4.69, 9.17) is 5.73 Å². The van der Waals surface area contributed by atoms with Crippen LogP contribution in [0.25, 0.3) is 0 Å². The Balaban J connectivity index is 2.31. The Hall–Kier alpha value is -1.20. The summed E-state index contributed by atoms with van der Waals surface area (Å²) in [4.78, 5) is 0. The van der Waals surface area contributed by atoms with Gasteiger partial charge in [-0.15, -0.1) is 5.11 Å². The van der Waals surface area contributed by atoms with E-state index >= 15 is 0 Å². The minimum Gasteiger partial charge on any atom is -0.398 e. The zero-order valence-electron chi connectivity index (χ0n) is 8.77. The van der Waals surface area contributed by atoms with Crippen LogP contribution in [-0.2, 0) is 0 Å². The van der Waals surface area contributed by atoms with Gasteiger partial charge in [0.2, 0.25) is 0 Å². The van der Waals surface area contributed by atoms with Crippen molar-refractivity contribution in [3.05, 3.63) is 51.4 Å². The number of hydrogen-bond donors (Lipinski definition) is 1. The molecule has 3 nitrogen and oxygen atoms in total. The van der Waals surface area contributed by atoms with E-state index in [2.05, 4.69) is 42.1 Å². The number of hydrogen-bond acceptors (Lipinski definition) is 3. The quantitative estimate of drug-likeness (QED) is 0.584. The molecule has 0 unspecified atom stereocenters. The standard InChI is InChI=1S/C12H9Br2N3/c13-9-7-12(10(14)6-11(9)15)17-16-8-4-2-1-3-5-8/h1-7H,15H2. The molecule has 0 aliphatic rings. The molecule has 86 valence electrons. The van der Waals surface area contributed by atoms with Gasteiger partial charge in [0.15, 0.2) is 0 Å². The number of nitrogen functional groups attached to an aromatic ring is 1. The van der Waals surface area contributed by atoms with Crippen LogP contribution in [0.15, 0.2) is 61.6 Å². The molecule has 0 fully saturated rings. The number of anilines is 1. The number of nitrogens with two attached hydrogens (primary N) is 1. The molecule has 0 aliphatic heterocycles. The molecule has 0 aliphatic carbocycles. The number of halogens is 2. The van der Waals surface area contributed by atoms with E-state index in [9.17, 15) is 0 Å². The highest BCUT2D eigenvalue weighted by atomic mass is 79.9. The maximum absolute atomic E-state index is 5.75. The van der Waals surface area contributed by atoms with Gasteiger partial charge in [-0.25, -0.2) is 0 Å². The van der Waals surface area contributed by atoms with Crippen LogP contribution >= 0.6 is 31.9 Å². The van der Waals surface area contributed by atoms with Crippen LogP contribution in [0.2, 0.25) is 0 Å². The van der Waals surface area contributed by atoms with Crippen LogP contribution in [0.1, 0.15) is 0 Å². The lowest BCUT2D eigenvalue weighted by molar-refractivity contribution is 1.22. The molecule has 0 aromatic heterocycles. The van der Waals surface area contributed by atoms with Crippen molar-refractivity contribution in [2.75, 3.05) is 5.73 Å². The smallest absolute Gasteiger partial charge is 0.101 e. The second-order valence-electron chi connectivity index (χ2n) is 3.36. The van der Waals surface area contributed by atoms with Gasteiger partial charge in [-0.05, 0) is 56.1 Å². The van der Waals surface area contributed by atoms with E-state index in [1.54, 1.807) is 6.07 Å². The van der Waals surface area contributed by atoms with Crippen LogP contribution in [0.4, 0.5) is 17.1 Å². The number of azo groups is 1. The van der Waals surface area contributed by atoms with Gasteiger partial charge in [0, 0.05) is 14.6 Å². The summed E-state index contributed by atoms with van der Waals surface area (Å²) < 4.78 is 1.63. The average molecular weight is 355 g/mol. The summed E-state index contributed by atoms with van der Waals surface area (Å²) in [5, 5.41) is 8.31. The van der Waals surface area contributed by atoms with Crippen LogP contribution in [0.3, 0.4) is 0 Å². The van der Waals surface area contributed by atoms with E-state index < -0.39 is 0 Å². The van der Waals surface area contributed by atoms with Crippen LogP contribution in [-0.4, -0.2) is 0 Å². The second kappa shape index (κ2) is 5.42. The molecule has 0 bridgehead atoms. The Kier molecular flexibility index (Phi) is 3.91. The zero-order chi connectivity index (χ0) is 12.3. The summed E-state index contributed by atoms with van der Waals surface area (Å²) in [6.45, 7) is 0. The van der Waals surface area contributed by atoms with Crippen molar-refractivity contribution in [3.63, 3.8) is 0 Å². The fraction of sp³-hybridized carbons (Fsp3) is 0. The van der Waals surface area contributed by atoms with Gasteiger partial charge >= 0.3 is 0 Å².